The summed E-state index contributed by atoms with van der Waals surface area (Å²) in [6, 6.07) is 0.342. The van der Waals surface area contributed by atoms with Crippen LogP contribution in [0.3, 0.4) is 0 Å². The lowest BCUT2D eigenvalue weighted by molar-refractivity contribution is 0.329. The van der Waals surface area contributed by atoms with Crippen LogP contribution in [-0.4, -0.2) is 24.6 Å². The molecule has 0 aromatic rings. The van der Waals surface area contributed by atoms with Gasteiger partial charge in [0.2, 0.25) is 0 Å². The van der Waals surface area contributed by atoms with E-state index in [4.69, 9.17) is 21.7 Å². The van der Waals surface area contributed by atoms with Crippen molar-refractivity contribution >= 4 is 17.0 Å². The van der Waals surface area contributed by atoms with Crippen molar-refractivity contribution in [2.24, 2.45) is 0 Å². The molecule has 1 aliphatic rings. The van der Waals surface area contributed by atoms with Crippen molar-refractivity contribution in [3.8, 4) is 0 Å². The van der Waals surface area contributed by atoms with Gasteiger partial charge in [-0.25, -0.2) is 0 Å². The second-order valence-electron chi connectivity index (χ2n) is 2.81. The van der Waals surface area contributed by atoms with Crippen LogP contribution < -0.4 is 5.32 Å². The lowest BCUT2D eigenvalue weighted by Crippen LogP contribution is -2.33. The molecule has 0 amide bonds. The van der Waals surface area contributed by atoms with E-state index < -0.39 is 0 Å². The summed E-state index contributed by atoms with van der Waals surface area (Å²) in [7, 11) is 0. The highest BCUT2D eigenvalue weighted by molar-refractivity contribution is 6.61. The number of hydrogen-bond acceptors (Lipinski definition) is 3. The SMILES string of the molecule is CC1NCCC=C1COC(=N)Cl. The van der Waals surface area contributed by atoms with E-state index in [0.29, 0.717) is 12.6 Å². The van der Waals surface area contributed by atoms with Gasteiger partial charge in [-0.2, -0.15) is 0 Å². The van der Waals surface area contributed by atoms with Crippen molar-refractivity contribution in [1.29, 1.82) is 5.41 Å². The van der Waals surface area contributed by atoms with Crippen molar-refractivity contribution in [3.05, 3.63) is 11.6 Å². The molecule has 0 spiro atoms. The second kappa shape index (κ2) is 4.48. The Labute approximate surface area is 77.3 Å². The minimum absolute atomic E-state index is 0.242. The van der Waals surface area contributed by atoms with Crippen molar-refractivity contribution < 1.29 is 4.74 Å². The van der Waals surface area contributed by atoms with Crippen LogP contribution in [0.5, 0.6) is 0 Å². The molecule has 0 aromatic carbocycles. The maximum Gasteiger partial charge on any atom is 0.279 e. The number of hydrogen-bond donors (Lipinski definition) is 2. The minimum atomic E-state index is -0.242. The molecule has 1 rings (SSSR count). The number of ether oxygens (including phenoxy) is 1. The first kappa shape index (κ1) is 9.55. The average molecular weight is 189 g/mol. The first-order chi connectivity index (χ1) is 5.70. The highest BCUT2D eigenvalue weighted by Gasteiger charge is 2.12. The lowest BCUT2D eigenvalue weighted by atomic mass is 10.1. The van der Waals surface area contributed by atoms with E-state index in [0.717, 1.165) is 13.0 Å². The van der Waals surface area contributed by atoms with Gasteiger partial charge >= 0.3 is 0 Å². The van der Waals surface area contributed by atoms with E-state index in [1.54, 1.807) is 0 Å². The van der Waals surface area contributed by atoms with Crippen LogP contribution in [0.4, 0.5) is 0 Å². The van der Waals surface area contributed by atoms with Crippen LogP contribution in [0.1, 0.15) is 13.3 Å². The molecule has 12 heavy (non-hydrogen) atoms. The van der Waals surface area contributed by atoms with Gasteiger partial charge in [0, 0.05) is 6.04 Å². The molecule has 0 aliphatic carbocycles. The van der Waals surface area contributed by atoms with Crippen molar-refractivity contribution in [2.75, 3.05) is 13.2 Å². The van der Waals surface area contributed by atoms with E-state index in [9.17, 15) is 0 Å². The van der Waals surface area contributed by atoms with Gasteiger partial charge in [-0.15, -0.1) is 0 Å². The zero-order valence-electron chi connectivity index (χ0n) is 7.06. The summed E-state index contributed by atoms with van der Waals surface area (Å²) in [5, 5.41) is 9.93. The van der Waals surface area contributed by atoms with E-state index in [2.05, 4.69) is 18.3 Å². The molecule has 0 fully saturated rings. The molecule has 1 atom stereocenters. The molecule has 2 N–H and O–H groups in total. The molecule has 0 radical (unpaired) electrons. The summed E-state index contributed by atoms with van der Waals surface area (Å²) in [6.07, 6.45) is 3.17. The fourth-order valence-corrected chi connectivity index (χ4v) is 1.25. The number of rotatable bonds is 2. The summed E-state index contributed by atoms with van der Waals surface area (Å²) in [4.78, 5) is 0. The Morgan fingerprint density at radius 1 is 1.92 bits per heavy atom. The zero-order valence-corrected chi connectivity index (χ0v) is 7.82. The van der Waals surface area contributed by atoms with Gasteiger partial charge in [0.05, 0.1) is 0 Å². The first-order valence-corrected chi connectivity index (χ1v) is 4.37. The van der Waals surface area contributed by atoms with Gasteiger partial charge < -0.3 is 10.1 Å². The van der Waals surface area contributed by atoms with Crippen LogP contribution in [0.2, 0.25) is 0 Å². The molecule has 0 aromatic heterocycles. The average Bonchev–Trinajstić information content (AvgIpc) is 2.03. The molecular formula is C8H13ClN2O. The molecular weight excluding hydrogens is 176 g/mol. The van der Waals surface area contributed by atoms with Gasteiger partial charge in [-0.3, -0.25) is 5.41 Å². The third-order valence-corrected chi connectivity index (χ3v) is 2.03. The monoisotopic (exact) mass is 188 g/mol. The summed E-state index contributed by atoms with van der Waals surface area (Å²) >= 11 is 5.26. The number of halogens is 1. The summed E-state index contributed by atoms with van der Waals surface area (Å²) in [5.41, 5.74) is 1.17. The van der Waals surface area contributed by atoms with Gasteiger partial charge in [-0.1, -0.05) is 6.08 Å². The number of nitrogens with one attached hydrogen (secondary N) is 2. The summed E-state index contributed by atoms with van der Waals surface area (Å²) in [5.74, 6) is 0. The smallest absolute Gasteiger partial charge is 0.279 e. The lowest BCUT2D eigenvalue weighted by Gasteiger charge is -2.21. The first-order valence-electron chi connectivity index (χ1n) is 3.99. The third-order valence-electron chi connectivity index (χ3n) is 1.92. The normalized spacial score (nSPS) is 23.2. The Morgan fingerprint density at radius 3 is 3.25 bits per heavy atom. The molecule has 0 saturated heterocycles. The quantitative estimate of drug-likeness (QED) is 0.392. The van der Waals surface area contributed by atoms with Gasteiger partial charge in [0.25, 0.3) is 5.36 Å². The molecule has 0 bridgehead atoms. The van der Waals surface area contributed by atoms with Crippen LogP contribution in [0.25, 0.3) is 0 Å². The zero-order chi connectivity index (χ0) is 8.97. The van der Waals surface area contributed by atoms with Crippen LogP contribution in [0.15, 0.2) is 11.6 Å². The van der Waals surface area contributed by atoms with E-state index in [1.165, 1.54) is 5.57 Å². The molecule has 3 nitrogen and oxygen atoms in total. The summed E-state index contributed by atoms with van der Waals surface area (Å²) < 4.78 is 4.89. The predicted molar refractivity (Wildman–Crippen MR) is 49.7 cm³/mol. The Kier molecular flexibility index (Phi) is 3.56. The Hall–Kier alpha value is -0.540. The highest BCUT2D eigenvalue weighted by atomic mass is 35.5. The van der Waals surface area contributed by atoms with E-state index in [-0.39, 0.29) is 5.36 Å². The highest BCUT2D eigenvalue weighted by Crippen LogP contribution is 2.09. The molecule has 0 saturated carbocycles. The Balaban J connectivity index is 2.39. The molecule has 68 valence electrons. The molecule has 4 heteroatoms. The van der Waals surface area contributed by atoms with Gasteiger partial charge in [0.1, 0.15) is 6.61 Å². The second-order valence-corrected chi connectivity index (χ2v) is 3.15. The third kappa shape index (κ3) is 2.83. The van der Waals surface area contributed by atoms with Crippen LogP contribution in [0, 0.1) is 5.41 Å². The van der Waals surface area contributed by atoms with Gasteiger partial charge in [0.15, 0.2) is 0 Å². The summed E-state index contributed by atoms with van der Waals surface area (Å²) in [6.45, 7) is 3.52. The van der Waals surface area contributed by atoms with Crippen molar-refractivity contribution in [2.45, 2.75) is 19.4 Å². The fraction of sp³-hybridized carbons (Fsp3) is 0.625. The van der Waals surface area contributed by atoms with Crippen molar-refractivity contribution in [1.82, 2.24) is 5.32 Å². The van der Waals surface area contributed by atoms with Crippen LogP contribution in [-0.2, 0) is 4.74 Å². The van der Waals surface area contributed by atoms with Gasteiger partial charge in [-0.05, 0) is 37.1 Å². The molecule has 1 heterocycles. The largest absolute Gasteiger partial charge is 0.465 e. The van der Waals surface area contributed by atoms with E-state index >= 15 is 0 Å². The molecule has 1 aliphatic heterocycles. The van der Waals surface area contributed by atoms with E-state index in [1.807, 2.05) is 0 Å². The Bertz CT molecular complexity index is 203. The maximum atomic E-state index is 6.87. The fourth-order valence-electron chi connectivity index (χ4n) is 1.20. The topological polar surface area (TPSA) is 45.1 Å². The Morgan fingerprint density at radius 2 is 2.67 bits per heavy atom. The molecule has 1 unspecified atom stereocenters. The maximum absolute atomic E-state index is 6.87. The predicted octanol–water partition coefficient (Wildman–Crippen LogP) is 1.48. The minimum Gasteiger partial charge on any atom is -0.465 e. The standard InChI is InChI=1S/C8H13ClN2O/c1-6-7(3-2-4-11-6)5-12-8(9)10/h3,6,10-11H,2,4-5H2,1H3. The van der Waals surface area contributed by atoms with Crippen LogP contribution >= 0.6 is 11.6 Å². The van der Waals surface area contributed by atoms with Crippen molar-refractivity contribution in [3.63, 3.8) is 0 Å².